The number of phenols is 1. The Morgan fingerprint density at radius 3 is 2.39 bits per heavy atom. The second kappa shape index (κ2) is 12.0. The number of hydrogen-bond donors (Lipinski definition) is 3. The SMILES string of the molecule is CN=C(NCc1cccc(NC(=O)N2CCCC2)c1)N1CCN(c2ccccc2O)CC1.I. The lowest BCUT2D eigenvalue weighted by Gasteiger charge is -2.37. The van der Waals surface area contributed by atoms with Crippen LogP contribution in [-0.4, -0.2) is 73.2 Å². The summed E-state index contributed by atoms with van der Waals surface area (Å²) in [5, 5.41) is 16.6. The molecule has 2 saturated heterocycles. The highest BCUT2D eigenvalue weighted by Gasteiger charge is 2.21. The molecule has 0 unspecified atom stereocenters. The number of urea groups is 1. The van der Waals surface area contributed by atoms with Gasteiger partial charge in [-0.25, -0.2) is 4.79 Å². The number of aromatic hydroxyl groups is 1. The number of likely N-dealkylation sites (tertiary alicyclic amines) is 1. The molecule has 0 bridgehead atoms. The first kappa shape index (κ1) is 24.9. The number of nitrogens with zero attached hydrogens (tertiary/aromatic N) is 4. The fraction of sp³-hybridized carbons (Fsp3) is 0.417. The number of carbonyl (C=O) groups is 1. The molecule has 2 amide bonds. The third-order valence-electron chi connectivity index (χ3n) is 6.04. The molecule has 178 valence electrons. The van der Waals surface area contributed by atoms with Gasteiger partial charge in [-0.1, -0.05) is 24.3 Å². The molecule has 2 aromatic carbocycles. The van der Waals surface area contributed by atoms with Gasteiger partial charge in [0.1, 0.15) is 5.75 Å². The molecule has 2 aliphatic rings. The van der Waals surface area contributed by atoms with Gasteiger partial charge in [0, 0.05) is 58.5 Å². The summed E-state index contributed by atoms with van der Waals surface area (Å²) < 4.78 is 0. The molecule has 3 N–H and O–H groups in total. The van der Waals surface area contributed by atoms with Crippen LogP contribution in [0.5, 0.6) is 5.75 Å². The normalized spacial score (nSPS) is 16.4. The van der Waals surface area contributed by atoms with E-state index in [9.17, 15) is 9.90 Å². The first-order chi connectivity index (χ1) is 15.6. The van der Waals surface area contributed by atoms with Crippen LogP contribution in [0.15, 0.2) is 53.5 Å². The van der Waals surface area contributed by atoms with E-state index < -0.39 is 0 Å². The van der Waals surface area contributed by atoms with Crippen LogP contribution in [0.4, 0.5) is 16.2 Å². The Morgan fingerprint density at radius 1 is 0.970 bits per heavy atom. The molecule has 0 saturated carbocycles. The van der Waals surface area contributed by atoms with E-state index in [2.05, 4.69) is 25.4 Å². The lowest BCUT2D eigenvalue weighted by atomic mass is 10.2. The minimum absolute atomic E-state index is 0. The van der Waals surface area contributed by atoms with E-state index in [4.69, 9.17) is 0 Å². The number of carbonyl (C=O) groups excluding carboxylic acids is 1. The van der Waals surface area contributed by atoms with E-state index in [0.717, 1.165) is 75.0 Å². The average molecular weight is 564 g/mol. The molecule has 2 aromatic rings. The van der Waals surface area contributed by atoms with Crippen LogP contribution in [0.2, 0.25) is 0 Å². The van der Waals surface area contributed by atoms with Crippen molar-refractivity contribution in [2.45, 2.75) is 19.4 Å². The molecule has 2 heterocycles. The molecule has 4 rings (SSSR count). The maximum absolute atomic E-state index is 12.3. The van der Waals surface area contributed by atoms with Gasteiger partial charge in [0.05, 0.1) is 5.69 Å². The maximum Gasteiger partial charge on any atom is 0.321 e. The molecule has 2 aliphatic heterocycles. The second-order valence-corrected chi connectivity index (χ2v) is 8.19. The Balaban J connectivity index is 0.00000306. The van der Waals surface area contributed by atoms with Gasteiger partial charge in [-0.2, -0.15) is 0 Å². The summed E-state index contributed by atoms with van der Waals surface area (Å²) in [6.45, 7) is 5.56. The summed E-state index contributed by atoms with van der Waals surface area (Å²) in [5.74, 6) is 1.17. The first-order valence-electron chi connectivity index (χ1n) is 11.3. The third-order valence-corrected chi connectivity index (χ3v) is 6.04. The highest BCUT2D eigenvalue weighted by atomic mass is 127. The summed E-state index contributed by atoms with van der Waals surface area (Å²) in [6, 6.07) is 15.4. The van der Waals surface area contributed by atoms with E-state index in [1.807, 2.05) is 47.4 Å². The number of para-hydroxylation sites is 2. The third kappa shape index (κ3) is 6.43. The number of piperazine rings is 1. The van der Waals surface area contributed by atoms with E-state index >= 15 is 0 Å². The largest absolute Gasteiger partial charge is 0.506 e. The van der Waals surface area contributed by atoms with Crippen molar-refractivity contribution in [2.75, 3.05) is 56.5 Å². The van der Waals surface area contributed by atoms with Gasteiger partial charge < -0.3 is 30.4 Å². The van der Waals surface area contributed by atoms with Crippen molar-refractivity contribution in [1.82, 2.24) is 15.1 Å². The van der Waals surface area contributed by atoms with E-state index in [0.29, 0.717) is 12.3 Å². The Kier molecular flexibility index (Phi) is 9.04. The van der Waals surface area contributed by atoms with Crippen LogP contribution < -0.4 is 15.5 Å². The van der Waals surface area contributed by atoms with Gasteiger partial charge in [0.25, 0.3) is 0 Å². The molecule has 2 fully saturated rings. The molecule has 0 spiro atoms. The Bertz CT molecular complexity index is 955. The van der Waals surface area contributed by atoms with Gasteiger partial charge in [-0.05, 0) is 42.7 Å². The van der Waals surface area contributed by atoms with E-state index in [1.54, 1.807) is 13.1 Å². The Labute approximate surface area is 212 Å². The lowest BCUT2D eigenvalue weighted by Crippen LogP contribution is -2.52. The number of amides is 2. The lowest BCUT2D eigenvalue weighted by molar-refractivity contribution is 0.222. The number of phenolic OH excluding ortho intramolecular Hbond substituents is 1. The summed E-state index contributed by atoms with van der Waals surface area (Å²) in [5.41, 5.74) is 2.77. The maximum atomic E-state index is 12.3. The van der Waals surface area contributed by atoms with E-state index in [1.165, 1.54) is 0 Å². The molecule has 0 aliphatic carbocycles. The zero-order valence-corrected chi connectivity index (χ0v) is 21.4. The van der Waals surface area contributed by atoms with Crippen LogP contribution in [0, 0.1) is 0 Å². The van der Waals surface area contributed by atoms with E-state index in [-0.39, 0.29) is 30.0 Å². The molecule has 9 heteroatoms. The number of guanidine groups is 1. The monoisotopic (exact) mass is 564 g/mol. The van der Waals surface area contributed by atoms with Crippen molar-refractivity contribution in [1.29, 1.82) is 0 Å². The Morgan fingerprint density at radius 2 is 1.70 bits per heavy atom. The predicted molar refractivity (Wildman–Crippen MR) is 144 cm³/mol. The summed E-state index contributed by atoms with van der Waals surface area (Å²) in [7, 11) is 1.80. The van der Waals surface area contributed by atoms with Gasteiger partial charge >= 0.3 is 6.03 Å². The number of aliphatic imine (C=N–C) groups is 1. The average Bonchev–Trinajstić information content (AvgIpc) is 3.36. The van der Waals surface area contributed by atoms with Crippen molar-refractivity contribution >= 4 is 47.3 Å². The van der Waals surface area contributed by atoms with Crippen molar-refractivity contribution in [3.63, 3.8) is 0 Å². The summed E-state index contributed by atoms with van der Waals surface area (Å²) >= 11 is 0. The minimum atomic E-state index is -0.0225. The molecule has 33 heavy (non-hydrogen) atoms. The predicted octanol–water partition coefficient (Wildman–Crippen LogP) is 3.54. The zero-order chi connectivity index (χ0) is 22.3. The van der Waals surface area contributed by atoms with Crippen LogP contribution in [0.1, 0.15) is 18.4 Å². The van der Waals surface area contributed by atoms with Gasteiger partial charge in [-0.15, -0.1) is 24.0 Å². The first-order valence-corrected chi connectivity index (χ1v) is 11.3. The molecular weight excluding hydrogens is 531 g/mol. The molecule has 0 atom stereocenters. The van der Waals surface area contributed by atoms with Crippen LogP contribution in [-0.2, 0) is 6.54 Å². The van der Waals surface area contributed by atoms with Crippen LogP contribution >= 0.6 is 24.0 Å². The fourth-order valence-electron chi connectivity index (χ4n) is 4.29. The zero-order valence-electron chi connectivity index (χ0n) is 19.0. The quantitative estimate of drug-likeness (QED) is 0.301. The summed E-state index contributed by atoms with van der Waals surface area (Å²) in [4.78, 5) is 23.1. The number of benzene rings is 2. The number of anilines is 2. The number of nitrogens with one attached hydrogen (secondary N) is 2. The van der Waals surface area contributed by atoms with Crippen molar-refractivity contribution in [3.8, 4) is 5.75 Å². The number of halogens is 1. The molecule has 0 aromatic heterocycles. The van der Waals surface area contributed by atoms with Crippen molar-refractivity contribution in [3.05, 3.63) is 54.1 Å². The summed E-state index contributed by atoms with van der Waals surface area (Å²) in [6.07, 6.45) is 2.16. The Hall–Kier alpha value is -2.69. The topological polar surface area (TPSA) is 83.4 Å². The van der Waals surface area contributed by atoms with Crippen molar-refractivity contribution in [2.24, 2.45) is 4.99 Å². The highest BCUT2D eigenvalue weighted by molar-refractivity contribution is 14.0. The fourth-order valence-corrected chi connectivity index (χ4v) is 4.29. The molecule has 8 nitrogen and oxygen atoms in total. The number of rotatable bonds is 4. The van der Waals surface area contributed by atoms with Gasteiger partial charge in [0.2, 0.25) is 0 Å². The van der Waals surface area contributed by atoms with Gasteiger partial charge in [0.15, 0.2) is 5.96 Å². The van der Waals surface area contributed by atoms with Crippen molar-refractivity contribution < 1.29 is 9.90 Å². The second-order valence-electron chi connectivity index (χ2n) is 8.19. The standard InChI is InChI=1S/C24H32N6O2.HI/c1-25-23(29-15-13-28(14-16-29)21-9-2-3-10-22(21)31)26-18-19-7-6-8-20(17-19)27-24(32)30-11-4-5-12-30;/h2-3,6-10,17,31H,4-5,11-16,18H2,1H3,(H,25,26)(H,27,32);1H. The molecule has 0 radical (unpaired) electrons. The van der Waals surface area contributed by atoms with Gasteiger partial charge in [-0.3, -0.25) is 4.99 Å². The van der Waals surface area contributed by atoms with Crippen LogP contribution in [0.3, 0.4) is 0 Å². The smallest absolute Gasteiger partial charge is 0.321 e. The highest BCUT2D eigenvalue weighted by Crippen LogP contribution is 2.27. The van der Waals surface area contributed by atoms with Crippen LogP contribution in [0.25, 0.3) is 0 Å². The molecular formula is C24H33IN6O2. The number of hydrogen-bond acceptors (Lipinski definition) is 4. The minimum Gasteiger partial charge on any atom is -0.506 e.